The molecule has 0 radical (unpaired) electrons. The van der Waals surface area contributed by atoms with Crippen molar-refractivity contribution in [2.24, 2.45) is 10.8 Å². The van der Waals surface area contributed by atoms with Crippen LogP contribution in [-0.2, 0) is 4.79 Å². The van der Waals surface area contributed by atoms with E-state index >= 15 is 0 Å². The summed E-state index contributed by atoms with van der Waals surface area (Å²) >= 11 is 0. The Morgan fingerprint density at radius 2 is 1.90 bits per heavy atom. The molecule has 2 amide bonds. The first-order valence-corrected chi connectivity index (χ1v) is 7.00. The number of rotatable bonds is 3. The van der Waals surface area contributed by atoms with Crippen LogP contribution >= 0.6 is 0 Å². The van der Waals surface area contributed by atoms with Crippen molar-refractivity contribution in [3.8, 4) is 0 Å². The van der Waals surface area contributed by atoms with E-state index in [0.29, 0.717) is 13.1 Å². The number of carboxylic acids is 1. The van der Waals surface area contributed by atoms with Crippen LogP contribution in [0, 0.1) is 10.8 Å². The molecule has 0 fully saturated rings. The topological polar surface area (TPSA) is 69.6 Å². The van der Waals surface area contributed by atoms with Crippen LogP contribution in [0.15, 0.2) is 11.6 Å². The molecule has 1 rings (SSSR count). The second kappa shape index (κ2) is 5.85. The minimum atomic E-state index is -0.947. The van der Waals surface area contributed by atoms with E-state index < -0.39 is 11.4 Å². The molecule has 0 saturated heterocycles. The number of aliphatic carboxylic acids is 1. The molecule has 1 aliphatic rings. The van der Waals surface area contributed by atoms with Crippen molar-refractivity contribution in [2.45, 2.75) is 41.0 Å². The lowest BCUT2D eigenvalue weighted by atomic mass is 9.83. The van der Waals surface area contributed by atoms with Gasteiger partial charge in [0.25, 0.3) is 0 Å². The van der Waals surface area contributed by atoms with Gasteiger partial charge >= 0.3 is 12.0 Å². The van der Waals surface area contributed by atoms with Gasteiger partial charge in [-0.1, -0.05) is 32.4 Å². The zero-order chi connectivity index (χ0) is 15.6. The normalized spacial score (nSPS) is 16.6. The van der Waals surface area contributed by atoms with Crippen LogP contribution in [0.3, 0.4) is 0 Å². The van der Waals surface area contributed by atoms with Gasteiger partial charge in [0.05, 0.1) is 5.41 Å². The molecule has 0 aromatic rings. The van der Waals surface area contributed by atoms with E-state index in [2.05, 4.69) is 32.2 Å². The molecule has 1 heterocycles. The second-order valence-electron chi connectivity index (χ2n) is 7.02. The maximum atomic E-state index is 12.0. The summed E-state index contributed by atoms with van der Waals surface area (Å²) in [6.45, 7) is 11.1. The van der Waals surface area contributed by atoms with Gasteiger partial charge in [0.1, 0.15) is 0 Å². The number of hydrogen-bond donors (Lipinski definition) is 2. The Bertz CT molecular complexity index is 419. The fourth-order valence-corrected chi connectivity index (χ4v) is 2.02. The predicted molar refractivity (Wildman–Crippen MR) is 78.5 cm³/mol. The van der Waals surface area contributed by atoms with Gasteiger partial charge in [-0.15, -0.1) is 0 Å². The quantitative estimate of drug-likeness (QED) is 0.781. The summed E-state index contributed by atoms with van der Waals surface area (Å²) in [5, 5.41) is 11.7. The largest absolute Gasteiger partial charge is 0.481 e. The molecule has 0 aliphatic carbocycles. The zero-order valence-corrected chi connectivity index (χ0v) is 13.1. The Morgan fingerprint density at radius 1 is 1.30 bits per heavy atom. The van der Waals surface area contributed by atoms with Crippen LogP contribution in [0.1, 0.15) is 41.0 Å². The molecular formula is C15H26N2O3. The number of urea groups is 1. The highest BCUT2D eigenvalue weighted by molar-refractivity contribution is 5.77. The molecule has 1 aliphatic heterocycles. The molecular weight excluding hydrogens is 256 g/mol. The molecule has 0 bridgehead atoms. The standard InChI is InChI=1S/C15H26N2O3/c1-14(2,3)11-6-8-17(9-7-11)13(20)16-10-15(4,5)12(18)19/h6H,7-10H2,1-5H3,(H,16,20)(H,18,19). The van der Waals surface area contributed by atoms with Gasteiger partial charge in [-0.25, -0.2) is 4.79 Å². The van der Waals surface area contributed by atoms with Crippen LogP contribution in [0.4, 0.5) is 4.79 Å². The fourth-order valence-electron chi connectivity index (χ4n) is 2.02. The Balaban J connectivity index is 2.52. The molecule has 0 spiro atoms. The maximum absolute atomic E-state index is 12.0. The van der Waals surface area contributed by atoms with E-state index in [0.717, 1.165) is 6.42 Å². The lowest BCUT2D eigenvalue weighted by Gasteiger charge is -2.32. The Kier molecular flexibility index (Phi) is 4.84. The van der Waals surface area contributed by atoms with Crippen molar-refractivity contribution in [1.82, 2.24) is 10.2 Å². The van der Waals surface area contributed by atoms with E-state index in [9.17, 15) is 9.59 Å². The third-order valence-corrected chi connectivity index (χ3v) is 3.72. The smallest absolute Gasteiger partial charge is 0.317 e. The van der Waals surface area contributed by atoms with Gasteiger partial charge in [0, 0.05) is 19.6 Å². The Morgan fingerprint density at radius 3 is 2.30 bits per heavy atom. The van der Waals surface area contributed by atoms with E-state index in [1.54, 1.807) is 18.7 Å². The second-order valence-corrected chi connectivity index (χ2v) is 7.02. The molecule has 0 saturated carbocycles. The molecule has 0 atom stereocenters. The minimum absolute atomic E-state index is 0.132. The molecule has 20 heavy (non-hydrogen) atoms. The molecule has 0 unspecified atom stereocenters. The Hall–Kier alpha value is -1.52. The summed E-state index contributed by atoms with van der Waals surface area (Å²) in [5.41, 5.74) is 0.568. The van der Waals surface area contributed by atoms with Crippen molar-refractivity contribution in [3.63, 3.8) is 0 Å². The van der Waals surface area contributed by atoms with E-state index in [-0.39, 0.29) is 18.0 Å². The number of nitrogens with zero attached hydrogens (tertiary/aromatic N) is 1. The third kappa shape index (κ3) is 4.25. The lowest BCUT2D eigenvalue weighted by Crippen LogP contribution is -2.47. The average molecular weight is 282 g/mol. The Labute approximate surface area is 121 Å². The van der Waals surface area contributed by atoms with Crippen molar-refractivity contribution < 1.29 is 14.7 Å². The maximum Gasteiger partial charge on any atom is 0.317 e. The molecule has 5 nitrogen and oxygen atoms in total. The summed E-state index contributed by atoms with van der Waals surface area (Å²) in [6.07, 6.45) is 2.98. The van der Waals surface area contributed by atoms with Crippen LogP contribution in [0.25, 0.3) is 0 Å². The number of carbonyl (C=O) groups is 2. The highest BCUT2D eigenvalue weighted by Crippen LogP contribution is 2.30. The summed E-state index contributed by atoms with van der Waals surface area (Å²) < 4.78 is 0. The van der Waals surface area contributed by atoms with Gasteiger partial charge in [-0.05, 0) is 25.7 Å². The van der Waals surface area contributed by atoms with Gasteiger partial charge in [-0.2, -0.15) is 0 Å². The van der Waals surface area contributed by atoms with E-state index in [1.165, 1.54) is 5.57 Å². The first-order chi connectivity index (χ1) is 9.04. The van der Waals surface area contributed by atoms with Crippen molar-refractivity contribution >= 4 is 12.0 Å². The number of amides is 2. The zero-order valence-electron chi connectivity index (χ0n) is 13.1. The average Bonchev–Trinajstić information content (AvgIpc) is 2.35. The lowest BCUT2D eigenvalue weighted by molar-refractivity contribution is -0.146. The predicted octanol–water partition coefficient (Wildman–Crippen LogP) is 2.49. The number of hydrogen-bond acceptors (Lipinski definition) is 2. The molecule has 0 aromatic carbocycles. The minimum Gasteiger partial charge on any atom is -0.481 e. The van der Waals surface area contributed by atoms with Crippen molar-refractivity contribution in [3.05, 3.63) is 11.6 Å². The van der Waals surface area contributed by atoms with Crippen LogP contribution in [0.5, 0.6) is 0 Å². The van der Waals surface area contributed by atoms with Gasteiger partial charge in [0.15, 0.2) is 0 Å². The molecule has 2 N–H and O–H groups in total. The highest BCUT2D eigenvalue weighted by Gasteiger charge is 2.29. The first-order valence-electron chi connectivity index (χ1n) is 7.00. The van der Waals surface area contributed by atoms with Crippen molar-refractivity contribution in [2.75, 3.05) is 19.6 Å². The van der Waals surface area contributed by atoms with Crippen molar-refractivity contribution in [1.29, 1.82) is 0 Å². The van der Waals surface area contributed by atoms with Crippen LogP contribution in [0.2, 0.25) is 0 Å². The molecule has 0 aromatic heterocycles. The SMILES string of the molecule is CC(C)(C)C1=CCN(C(=O)NCC(C)(C)C(=O)O)CC1. The summed E-state index contributed by atoms with van der Waals surface area (Å²) in [4.78, 5) is 24.7. The van der Waals surface area contributed by atoms with Gasteiger partial charge in [-0.3, -0.25) is 4.79 Å². The highest BCUT2D eigenvalue weighted by atomic mass is 16.4. The third-order valence-electron chi connectivity index (χ3n) is 3.72. The van der Waals surface area contributed by atoms with Crippen LogP contribution < -0.4 is 5.32 Å². The van der Waals surface area contributed by atoms with E-state index in [1.807, 2.05) is 0 Å². The number of nitrogens with one attached hydrogen (secondary N) is 1. The first kappa shape index (κ1) is 16.5. The fraction of sp³-hybridized carbons (Fsp3) is 0.733. The van der Waals surface area contributed by atoms with E-state index in [4.69, 9.17) is 5.11 Å². The van der Waals surface area contributed by atoms with Gasteiger partial charge in [0.2, 0.25) is 0 Å². The number of carboxylic acid groups (broad SMARTS) is 1. The summed E-state index contributed by atoms with van der Waals surface area (Å²) in [7, 11) is 0. The monoisotopic (exact) mass is 282 g/mol. The van der Waals surface area contributed by atoms with Gasteiger partial charge < -0.3 is 15.3 Å². The molecule has 5 heteroatoms. The summed E-state index contributed by atoms with van der Waals surface area (Å²) in [6, 6.07) is -0.191. The van der Waals surface area contributed by atoms with Crippen LogP contribution in [-0.4, -0.2) is 41.6 Å². The molecule has 114 valence electrons. The number of carbonyl (C=O) groups excluding carboxylic acids is 1. The summed E-state index contributed by atoms with van der Waals surface area (Å²) in [5.74, 6) is -0.911.